The van der Waals surface area contributed by atoms with Crippen molar-refractivity contribution in [3.63, 3.8) is 0 Å². The zero-order chi connectivity index (χ0) is 27.8. The molecular weight excluding hydrogens is 548 g/mol. The smallest absolute Gasteiger partial charge is 0.331 e. The predicted octanol–water partition coefficient (Wildman–Crippen LogP) is 9.02. The van der Waals surface area contributed by atoms with E-state index in [4.69, 9.17) is 33.0 Å². The number of ether oxygens (including phenoxy) is 1. The van der Waals surface area contributed by atoms with Crippen LogP contribution in [0.25, 0.3) is 17.3 Å². The fourth-order valence-electron chi connectivity index (χ4n) is 4.09. The normalized spacial score (nSPS) is 12.5. The molecule has 0 aliphatic heterocycles. The summed E-state index contributed by atoms with van der Waals surface area (Å²) in [4.78, 5) is 28.7. The number of ketones is 1. The number of carboxylic acid groups (broad SMARTS) is 1. The fourth-order valence-corrected chi connectivity index (χ4v) is 5.46. The van der Waals surface area contributed by atoms with Crippen molar-refractivity contribution in [1.82, 2.24) is 4.98 Å². The summed E-state index contributed by atoms with van der Waals surface area (Å²) in [5.41, 5.74) is 1.68. The van der Waals surface area contributed by atoms with Crippen LogP contribution in [0.1, 0.15) is 85.0 Å². The van der Waals surface area contributed by atoms with Crippen molar-refractivity contribution >= 4 is 52.4 Å². The Kier molecular flexibility index (Phi) is 11.0. The van der Waals surface area contributed by atoms with Gasteiger partial charge < -0.3 is 9.84 Å². The lowest BCUT2D eigenvalue weighted by Gasteiger charge is -2.17. The standard InChI is InChI=1S/C29H30Cl2FNO4S/c1-4-5-6-7-8-12-25(37-3)20-11-9-10-19(26(20)32)24-16-38-28(33-24)27(34)18-14-22(30)21(23(31)15-18)13-17(2)29(35)36/h9-11,13-16,25H,4-8,12H2,1-3H3,(H,35,36)/b17-13+. The Morgan fingerprint density at radius 1 is 1.16 bits per heavy atom. The van der Waals surface area contributed by atoms with E-state index < -0.39 is 17.6 Å². The SMILES string of the molecule is CCCCCCCC(OC)c1cccc(-c2csc(C(=O)c3cc(Cl)c(/C=C(\C)C(=O)O)c(Cl)c3)n2)c1F. The summed E-state index contributed by atoms with van der Waals surface area (Å²) in [7, 11) is 1.59. The molecular formula is C29H30Cl2FNO4S. The average molecular weight is 579 g/mol. The van der Waals surface area contributed by atoms with E-state index in [2.05, 4.69) is 11.9 Å². The zero-order valence-electron chi connectivity index (χ0n) is 21.5. The highest BCUT2D eigenvalue weighted by molar-refractivity contribution is 7.12. The highest BCUT2D eigenvalue weighted by atomic mass is 35.5. The van der Waals surface area contributed by atoms with Gasteiger partial charge in [0.2, 0.25) is 5.78 Å². The number of methoxy groups -OCH3 is 1. The van der Waals surface area contributed by atoms with Crippen LogP contribution >= 0.6 is 34.5 Å². The molecule has 1 unspecified atom stereocenters. The van der Waals surface area contributed by atoms with Gasteiger partial charge in [-0.3, -0.25) is 4.79 Å². The van der Waals surface area contributed by atoms with Gasteiger partial charge in [-0.25, -0.2) is 14.2 Å². The number of halogens is 3. The Bertz CT molecular complexity index is 1310. The molecule has 0 spiro atoms. The summed E-state index contributed by atoms with van der Waals surface area (Å²) in [6, 6.07) is 7.97. The number of aromatic nitrogens is 1. The van der Waals surface area contributed by atoms with Gasteiger partial charge in [0.25, 0.3) is 0 Å². The molecule has 0 saturated heterocycles. The third-order valence-corrected chi connectivity index (χ3v) is 7.71. The van der Waals surface area contributed by atoms with E-state index in [9.17, 15) is 9.59 Å². The van der Waals surface area contributed by atoms with Crippen molar-refractivity contribution in [1.29, 1.82) is 0 Å². The Hall–Kier alpha value is -2.58. The molecule has 38 heavy (non-hydrogen) atoms. The van der Waals surface area contributed by atoms with Crippen molar-refractivity contribution in [3.8, 4) is 11.3 Å². The minimum atomic E-state index is -1.10. The Balaban J connectivity index is 1.84. The second-order valence-electron chi connectivity index (χ2n) is 8.99. The molecule has 1 aromatic heterocycles. The van der Waals surface area contributed by atoms with Crippen LogP contribution in [-0.2, 0) is 9.53 Å². The Morgan fingerprint density at radius 2 is 1.84 bits per heavy atom. The minimum Gasteiger partial charge on any atom is -0.478 e. The molecule has 1 heterocycles. The average Bonchev–Trinajstić information content (AvgIpc) is 3.38. The number of aliphatic carboxylic acids is 1. The lowest BCUT2D eigenvalue weighted by Crippen LogP contribution is -2.06. The number of rotatable bonds is 13. The molecule has 3 rings (SSSR count). The first-order valence-corrected chi connectivity index (χ1v) is 14.0. The lowest BCUT2D eigenvalue weighted by molar-refractivity contribution is -0.132. The second-order valence-corrected chi connectivity index (χ2v) is 10.7. The van der Waals surface area contributed by atoms with Gasteiger partial charge in [-0.15, -0.1) is 11.3 Å². The molecule has 0 amide bonds. The van der Waals surface area contributed by atoms with E-state index in [-0.39, 0.29) is 32.3 Å². The minimum absolute atomic E-state index is 0.0499. The number of unbranched alkanes of at least 4 members (excludes halogenated alkanes) is 4. The van der Waals surface area contributed by atoms with Crippen LogP contribution in [0.15, 0.2) is 41.3 Å². The number of carbonyl (C=O) groups excluding carboxylic acids is 1. The zero-order valence-corrected chi connectivity index (χ0v) is 23.9. The summed E-state index contributed by atoms with van der Waals surface area (Å²) < 4.78 is 21.2. The van der Waals surface area contributed by atoms with Crippen LogP contribution in [0, 0.1) is 5.82 Å². The molecule has 5 nitrogen and oxygen atoms in total. The third-order valence-electron chi connectivity index (χ3n) is 6.24. The van der Waals surface area contributed by atoms with Gasteiger partial charge in [-0.1, -0.05) is 74.4 Å². The van der Waals surface area contributed by atoms with E-state index >= 15 is 4.39 Å². The van der Waals surface area contributed by atoms with Gasteiger partial charge in [0.05, 0.1) is 21.8 Å². The van der Waals surface area contributed by atoms with E-state index in [1.54, 1.807) is 30.7 Å². The van der Waals surface area contributed by atoms with Crippen molar-refractivity contribution in [2.45, 2.75) is 58.5 Å². The number of thiazole rings is 1. The predicted molar refractivity (Wildman–Crippen MR) is 152 cm³/mol. The van der Waals surface area contributed by atoms with Crippen LogP contribution in [0.2, 0.25) is 10.0 Å². The lowest BCUT2D eigenvalue weighted by atomic mass is 9.98. The molecule has 0 bridgehead atoms. The molecule has 1 N–H and O–H groups in total. The maximum Gasteiger partial charge on any atom is 0.331 e. The third kappa shape index (κ3) is 7.29. The largest absolute Gasteiger partial charge is 0.478 e. The highest BCUT2D eigenvalue weighted by Crippen LogP contribution is 2.34. The molecule has 0 saturated carbocycles. The number of hydrogen-bond acceptors (Lipinski definition) is 5. The van der Waals surface area contributed by atoms with Crippen LogP contribution in [0.5, 0.6) is 0 Å². The van der Waals surface area contributed by atoms with Crippen molar-refractivity contribution in [3.05, 3.63) is 78.8 Å². The van der Waals surface area contributed by atoms with Gasteiger partial charge in [-0.05, 0) is 37.6 Å². The van der Waals surface area contributed by atoms with E-state index in [1.165, 1.54) is 31.6 Å². The molecule has 0 aliphatic rings. The molecule has 2 aromatic carbocycles. The number of carbonyl (C=O) groups is 2. The van der Waals surface area contributed by atoms with Crippen molar-refractivity contribution in [2.24, 2.45) is 0 Å². The Labute approximate surface area is 236 Å². The molecule has 1 atom stereocenters. The molecule has 0 radical (unpaired) electrons. The van der Waals surface area contributed by atoms with Gasteiger partial charge in [0.15, 0.2) is 5.01 Å². The molecule has 202 valence electrons. The molecule has 3 aromatic rings. The van der Waals surface area contributed by atoms with Crippen molar-refractivity contribution in [2.75, 3.05) is 7.11 Å². The number of hydrogen-bond donors (Lipinski definition) is 1. The first kappa shape index (κ1) is 30.0. The maximum absolute atomic E-state index is 15.6. The van der Waals surface area contributed by atoms with E-state index in [1.807, 2.05) is 0 Å². The van der Waals surface area contributed by atoms with Crippen LogP contribution in [0.4, 0.5) is 4.39 Å². The first-order chi connectivity index (χ1) is 18.2. The van der Waals surface area contributed by atoms with Gasteiger partial charge in [0, 0.05) is 40.3 Å². The van der Waals surface area contributed by atoms with Crippen LogP contribution in [-0.4, -0.2) is 29.0 Å². The molecule has 0 fully saturated rings. The van der Waals surface area contributed by atoms with Gasteiger partial charge >= 0.3 is 5.97 Å². The summed E-state index contributed by atoms with van der Waals surface area (Å²) in [6.07, 6.45) is 7.25. The van der Waals surface area contributed by atoms with E-state index in [0.717, 1.165) is 43.4 Å². The van der Waals surface area contributed by atoms with Gasteiger partial charge in [-0.2, -0.15) is 0 Å². The van der Waals surface area contributed by atoms with Crippen LogP contribution < -0.4 is 0 Å². The Morgan fingerprint density at radius 3 is 2.47 bits per heavy atom. The summed E-state index contributed by atoms with van der Waals surface area (Å²) in [5, 5.41) is 11.2. The number of carboxylic acids is 1. The van der Waals surface area contributed by atoms with Crippen LogP contribution in [0.3, 0.4) is 0 Å². The van der Waals surface area contributed by atoms with Crippen molar-refractivity contribution < 1.29 is 23.8 Å². The summed E-state index contributed by atoms with van der Waals surface area (Å²) in [5.74, 6) is -1.94. The quantitative estimate of drug-likeness (QED) is 0.124. The monoisotopic (exact) mass is 577 g/mol. The molecule has 9 heteroatoms. The molecule has 0 aliphatic carbocycles. The highest BCUT2D eigenvalue weighted by Gasteiger charge is 2.22. The summed E-state index contributed by atoms with van der Waals surface area (Å²) >= 11 is 13.7. The summed E-state index contributed by atoms with van der Waals surface area (Å²) in [6.45, 7) is 3.58. The van der Waals surface area contributed by atoms with Gasteiger partial charge in [0.1, 0.15) is 5.82 Å². The number of benzene rings is 2. The maximum atomic E-state index is 15.6. The number of nitrogens with zero attached hydrogens (tertiary/aromatic N) is 1. The topological polar surface area (TPSA) is 76.5 Å². The second kappa shape index (κ2) is 14.0. The fraction of sp³-hybridized carbons (Fsp3) is 0.345. The van der Waals surface area contributed by atoms with E-state index in [0.29, 0.717) is 22.4 Å². The first-order valence-electron chi connectivity index (χ1n) is 12.4.